The molecule has 4 N–H and O–H groups in total. The first-order valence-electron chi connectivity index (χ1n) is 30.9. The molecule has 92 heavy (non-hydrogen) atoms. The van der Waals surface area contributed by atoms with E-state index in [1.807, 2.05) is 72.8 Å². The molecule has 26 heteroatoms. The number of methoxy groups -OCH3 is 6. The molecule has 0 fully saturated rings. The molecule has 3 aromatic carbocycles. The highest BCUT2D eigenvalue weighted by Gasteiger charge is 2.23. The van der Waals surface area contributed by atoms with Crippen LogP contribution in [-0.4, -0.2) is 196 Å². The summed E-state index contributed by atoms with van der Waals surface area (Å²) >= 11 is 0. The van der Waals surface area contributed by atoms with Gasteiger partial charge < -0.3 is 69.3 Å². The van der Waals surface area contributed by atoms with E-state index in [2.05, 4.69) is 9.47 Å². The first-order chi connectivity index (χ1) is 44.2. The summed E-state index contributed by atoms with van der Waals surface area (Å²) in [7, 11) is 7.50. The Morgan fingerprint density at radius 3 is 0.522 bits per heavy atom. The van der Waals surface area contributed by atoms with Crippen LogP contribution in [0.3, 0.4) is 0 Å². The standard InChI is InChI=1S/C66H94N8O18/c1-87-61(81)29-23-55(75)69(37-7-9-39-71(57(77)25-31-63(83)89-3)45-51-15-19-53(20-16-51)47-73(41-35-67)59(79)27-33-65(85)91-5)43-49-11-13-50(14-12-49)44-70(56(76)24-30-62(82)88-2)38-8-10-40-72(58(78)26-32-64(84)90-4)46-52-17-21-54(22-18-52)48-74(42-36-68)60(80)28-34-66(86)92-6/h11-22H,7-10,23-48,67-68H2,1-6H3. The van der Waals surface area contributed by atoms with Crippen LogP contribution in [0, 0.1) is 0 Å². The summed E-state index contributed by atoms with van der Waals surface area (Å²) in [4.78, 5) is 162. The molecule has 6 amide bonds. The van der Waals surface area contributed by atoms with E-state index in [1.165, 1.54) is 42.7 Å². The fraction of sp³-hybridized carbons (Fsp3) is 0.545. The van der Waals surface area contributed by atoms with E-state index in [9.17, 15) is 57.5 Å². The number of unbranched alkanes of at least 4 members (excludes halogenated alkanes) is 2. The molecule has 0 saturated heterocycles. The van der Waals surface area contributed by atoms with Crippen LogP contribution in [-0.2, 0) is 125 Å². The second-order valence-corrected chi connectivity index (χ2v) is 21.8. The van der Waals surface area contributed by atoms with Gasteiger partial charge in [-0.25, -0.2) is 0 Å². The van der Waals surface area contributed by atoms with Crippen molar-refractivity contribution >= 4 is 71.3 Å². The van der Waals surface area contributed by atoms with Crippen molar-refractivity contribution < 1.29 is 86.0 Å². The SMILES string of the molecule is COC(=O)CCC(=O)N(CCN)Cc1ccc(CN(CCCCN(Cc2ccc(CN(CCCCN(Cc3ccc(CN(CCN)C(=O)CCC(=O)OC)cc3)C(=O)CCC(=O)OC)C(=O)CCC(=O)OC)cc2)C(=O)CCC(=O)OC)C(=O)CCC(=O)OC)cc1. The van der Waals surface area contributed by atoms with Gasteiger partial charge in [-0.05, 0) is 59.1 Å². The molecule has 0 saturated carbocycles. The number of benzene rings is 3. The van der Waals surface area contributed by atoms with Gasteiger partial charge in [0.1, 0.15) is 0 Å². The van der Waals surface area contributed by atoms with Crippen LogP contribution in [0.5, 0.6) is 0 Å². The molecule has 506 valence electrons. The van der Waals surface area contributed by atoms with Crippen LogP contribution >= 0.6 is 0 Å². The van der Waals surface area contributed by atoms with E-state index in [4.69, 9.17) is 30.4 Å². The number of ether oxygens (including phenoxy) is 6. The van der Waals surface area contributed by atoms with Crippen LogP contribution in [0.1, 0.15) is 136 Å². The minimum absolute atomic E-state index is 0.0243. The predicted octanol–water partition coefficient (Wildman–Crippen LogP) is 4.26. The van der Waals surface area contributed by atoms with Gasteiger partial charge in [-0.3, -0.25) is 57.5 Å². The van der Waals surface area contributed by atoms with Gasteiger partial charge in [-0.15, -0.1) is 0 Å². The predicted molar refractivity (Wildman–Crippen MR) is 336 cm³/mol. The third-order valence-corrected chi connectivity index (χ3v) is 15.1. The molecule has 0 aliphatic carbocycles. The Labute approximate surface area is 539 Å². The first-order valence-corrected chi connectivity index (χ1v) is 30.9. The topological polar surface area (TPSA) is 332 Å². The third kappa shape index (κ3) is 30.4. The number of esters is 6. The normalized spacial score (nSPS) is 10.7. The van der Waals surface area contributed by atoms with Crippen LogP contribution in [0.25, 0.3) is 0 Å². The van der Waals surface area contributed by atoms with Gasteiger partial charge in [0.25, 0.3) is 0 Å². The van der Waals surface area contributed by atoms with Crippen molar-refractivity contribution in [1.29, 1.82) is 0 Å². The maximum absolute atomic E-state index is 13.8. The van der Waals surface area contributed by atoms with Gasteiger partial charge in [0.05, 0.1) is 81.2 Å². The molecule has 0 bridgehead atoms. The Hall–Kier alpha value is -8.78. The van der Waals surface area contributed by atoms with Crippen LogP contribution in [0.4, 0.5) is 0 Å². The molecule has 0 aliphatic rings. The van der Waals surface area contributed by atoms with Gasteiger partial charge in [0.15, 0.2) is 0 Å². The molecule has 0 aromatic heterocycles. The van der Waals surface area contributed by atoms with Gasteiger partial charge in [-0.1, -0.05) is 72.8 Å². The zero-order valence-corrected chi connectivity index (χ0v) is 54.3. The fourth-order valence-electron chi connectivity index (χ4n) is 9.66. The Morgan fingerprint density at radius 1 is 0.250 bits per heavy atom. The molecule has 0 atom stereocenters. The lowest BCUT2D eigenvalue weighted by molar-refractivity contribution is -0.144. The number of hydrogen-bond acceptors (Lipinski definition) is 20. The molecule has 0 unspecified atom stereocenters. The Bertz CT molecular complexity index is 2660. The molecule has 0 aliphatic heterocycles. The number of nitrogens with zero attached hydrogens (tertiary/aromatic N) is 6. The van der Waals surface area contributed by atoms with E-state index >= 15 is 0 Å². The average molecular weight is 1290 g/mol. The zero-order chi connectivity index (χ0) is 67.8. The summed E-state index contributed by atoms with van der Waals surface area (Å²) in [5.41, 5.74) is 16.3. The van der Waals surface area contributed by atoms with Gasteiger partial charge in [0.2, 0.25) is 35.4 Å². The second kappa shape index (κ2) is 43.8. The maximum Gasteiger partial charge on any atom is 0.306 e. The Morgan fingerprint density at radius 2 is 0.391 bits per heavy atom. The summed E-state index contributed by atoms with van der Waals surface area (Å²) in [6.07, 6.45) is 0.777. The molecule has 0 radical (unpaired) electrons. The lowest BCUT2D eigenvalue weighted by Gasteiger charge is -2.26. The zero-order valence-electron chi connectivity index (χ0n) is 54.3. The first kappa shape index (κ1) is 77.5. The number of rotatable bonds is 44. The minimum atomic E-state index is -0.543. The van der Waals surface area contributed by atoms with Gasteiger partial charge >= 0.3 is 35.8 Å². The highest BCUT2D eigenvalue weighted by molar-refractivity contribution is 5.84. The van der Waals surface area contributed by atoms with Crippen molar-refractivity contribution in [3.63, 3.8) is 0 Å². The highest BCUT2D eigenvalue weighted by atomic mass is 16.5. The molecule has 0 heterocycles. The van der Waals surface area contributed by atoms with E-state index in [-0.39, 0.29) is 204 Å². The summed E-state index contributed by atoms with van der Waals surface area (Å²) in [6, 6.07) is 22.1. The monoisotopic (exact) mass is 1290 g/mol. The third-order valence-electron chi connectivity index (χ3n) is 15.1. The second-order valence-electron chi connectivity index (χ2n) is 21.8. The van der Waals surface area contributed by atoms with Gasteiger partial charge in [-0.2, -0.15) is 0 Å². The lowest BCUT2D eigenvalue weighted by Crippen LogP contribution is -2.35. The lowest BCUT2D eigenvalue weighted by atomic mass is 10.1. The number of nitrogens with two attached hydrogens (primary N) is 2. The van der Waals surface area contributed by atoms with Gasteiger partial charge in [0, 0.05) is 130 Å². The highest BCUT2D eigenvalue weighted by Crippen LogP contribution is 2.19. The smallest absolute Gasteiger partial charge is 0.306 e. The molecule has 3 rings (SSSR count). The van der Waals surface area contributed by atoms with Crippen molar-refractivity contribution in [2.45, 2.75) is 142 Å². The largest absolute Gasteiger partial charge is 0.469 e. The Kier molecular flexibility index (Phi) is 36.9. The quantitative estimate of drug-likeness (QED) is 0.0454. The fourth-order valence-corrected chi connectivity index (χ4v) is 9.66. The number of hydrogen-bond donors (Lipinski definition) is 2. The van der Waals surface area contributed by atoms with E-state index in [0.29, 0.717) is 25.7 Å². The van der Waals surface area contributed by atoms with E-state index in [1.54, 1.807) is 29.4 Å². The summed E-state index contributed by atoms with van der Waals surface area (Å²) in [5, 5.41) is 0. The van der Waals surface area contributed by atoms with Crippen LogP contribution in [0.15, 0.2) is 72.8 Å². The average Bonchev–Trinajstić information content (AvgIpc) is 1.34. The maximum atomic E-state index is 13.8. The van der Waals surface area contributed by atoms with Crippen LogP contribution in [0.2, 0.25) is 0 Å². The van der Waals surface area contributed by atoms with E-state index in [0.717, 1.165) is 33.4 Å². The minimum Gasteiger partial charge on any atom is -0.469 e. The molecular formula is C66H94N8O18. The number of amides is 6. The molecule has 0 spiro atoms. The summed E-state index contributed by atoms with van der Waals surface area (Å²) < 4.78 is 28.5. The summed E-state index contributed by atoms with van der Waals surface area (Å²) in [6.45, 7) is 3.35. The van der Waals surface area contributed by atoms with Crippen LogP contribution < -0.4 is 11.5 Å². The molecule has 26 nitrogen and oxygen atoms in total. The van der Waals surface area contributed by atoms with E-state index < -0.39 is 35.8 Å². The van der Waals surface area contributed by atoms with Crippen molar-refractivity contribution in [3.05, 3.63) is 106 Å². The van der Waals surface area contributed by atoms with Crippen molar-refractivity contribution in [2.75, 3.05) is 95.0 Å². The Balaban J connectivity index is 1.77. The van der Waals surface area contributed by atoms with Crippen molar-refractivity contribution in [3.8, 4) is 0 Å². The number of carbonyl (C=O) groups excluding carboxylic acids is 12. The summed E-state index contributed by atoms with van der Waals surface area (Å²) in [5.74, 6) is -4.77. The van der Waals surface area contributed by atoms with Crippen molar-refractivity contribution in [1.82, 2.24) is 29.4 Å². The molecule has 3 aromatic rings. The van der Waals surface area contributed by atoms with Crippen molar-refractivity contribution in [2.24, 2.45) is 11.5 Å². The molecular weight excluding hydrogens is 1190 g/mol. The number of carbonyl (C=O) groups is 12.